The molecule has 114 valence electrons. The van der Waals surface area contributed by atoms with Crippen LogP contribution in [0.1, 0.15) is 50.4 Å². The van der Waals surface area contributed by atoms with Gasteiger partial charge in [0.1, 0.15) is 5.75 Å². The number of para-hydroxylation sites is 1. The molecule has 2 atom stereocenters. The number of carbonyl (C=O) groups excluding carboxylic acids is 1. The molecule has 0 heterocycles. The topological polar surface area (TPSA) is 61.7 Å². The normalized spacial score (nSPS) is 24.3. The van der Waals surface area contributed by atoms with E-state index in [-0.39, 0.29) is 17.2 Å². The largest absolute Gasteiger partial charge is 0.507 e. The van der Waals surface area contributed by atoms with E-state index in [1.165, 1.54) is 12.5 Å². The number of amides is 1. The molecule has 1 amide bonds. The highest BCUT2D eigenvalue weighted by Crippen LogP contribution is 2.31. The number of phenols is 1. The second-order valence-corrected chi connectivity index (χ2v) is 6.30. The van der Waals surface area contributed by atoms with Crippen molar-refractivity contribution in [3.8, 4) is 5.75 Å². The van der Waals surface area contributed by atoms with Crippen LogP contribution in [0.25, 0.3) is 0 Å². The van der Waals surface area contributed by atoms with Crippen LogP contribution >= 0.6 is 0 Å². The van der Waals surface area contributed by atoms with Crippen molar-refractivity contribution in [1.82, 2.24) is 5.43 Å². The summed E-state index contributed by atoms with van der Waals surface area (Å²) >= 11 is 0. The lowest BCUT2D eigenvalue weighted by atomic mass is 9.76. The lowest BCUT2D eigenvalue weighted by Gasteiger charge is -2.30. The Balaban J connectivity index is 2.11. The monoisotopic (exact) mass is 288 g/mol. The number of hydrogen-bond donors (Lipinski definition) is 2. The molecule has 0 aromatic heterocycles. The van der Waals surface area contributed by atoms with Crippen LogP contribution in [-0.4, -0.2) is 16.7 Å². The van der Waals surface area contributed by atoms with Gasteiger partial charge in [-0.25, -0.2) is 5.43 Å². The molecule has 1 aromatic rings. The van der Waals surface area contributed by atoms with Gasteiger partial charge in [0, 0.05) is 11.6 Å². The molecule has 0 unspecified atom stereocenters. The molecule has 0 aliphatic heterocycles. The number of rotatable bonds is 3. The molecular formula is C17H24N2O2. The average Bonchev–Trinajstić information content (AvgIpc) is 2.45. The lowest BCUT2D eigenvalue weighted by Crippen LogP contribution is -2.31. The Labute approximate surface area is 126 Å². The van der Waals surface area contributed by atoms with Gasteiger partial charge in [-0.1, -0.05) is 32.9 Å². The van der Waals surface area contributed by atoms with E-state index in [4.69, 9.17) is 0 Å². The zero-order valence-electron chi connectivity index (χ0n) is 13.0. The maximum Gasteiger partial charge on any atom is 0.275 e. The van der Waals surface area contributed by atoms with Gasteiger partial charge in [0.25, 0.3) is 5.91 Å². The molecule has 4 nitrogen and oxygen atoms in total. The predicted octanol–water partition coefficient (Wildman–Crippen LogP) is 3.57. The van der Waals surface area contributed by atoms with Gasteiger partial charge in [0.2, 0.25) is 0 Å². The Morgan fingerprint density at radius 2 is 2.05 bits per heavy atom. The highest BCUT2D eigenvalue weighted by atomic mass is 16.3. The Bertz CT molecular complexity index is 537. The van der Waals surface area contributed by atoms with Crippen LogP contribution in [0.5, 0.6) is 5.75 Å². The van der Waals surface area contributed by atoms with E-state index < -0.39 is 0 Å². The number of phenolic OH excluding ortho intramolecular Hbond substituents is 1. The quantitative estimate of drug-likeness (QED) is 0.835. The van der Waals surface area contributed by atoms with Crippen LogP contribution in [0.4, 0.5) is 0 Å². The van der Waals surface area contributed by atoms with Gasteiger partial charge in [-0.15, -0.1) is 0 Å². The minimum Gasteiger partial charge on any atom is -0.507 e. The maximum absolute atomic E-state index is 12.1. The van der Waals surface area contributed by atoms with Crippen molar-refractivity contribution in [2.24, 2.45) is 22.9 Å². The standard InChI is InChI=1S/C17H24N2O2/c1-11(2)13-9-8-12(3)10-15(13)18-19-17(21)14-6-4-5-7-16(14)20/h4-7,11-13,20H,8-10H2,1-3H3,(H,19,21)/b18-15-/t12-,13-/m1/s1. The molecule has 1 aliphatic carbocycles. The molecule has 2 rings (SSSR count). The van der Waals surface area contributed by atoms with E-state index in [1.54, 1.807) is 18.2 Å². The summed E-state index contributed by atoms with van der Waals surface area (Å²) in [5.74, 6) is 1.19. The molecule has 0 saturated heterocycles. The third-order valence-electron chi connectivity index (χ3n) is 4.21. The molecule has 4 heteroatoms. The SMILES string of the molecule is CC(C)[C@H]1CC[C@@H](C)C/C1=N/NC(=O)c1ccccc1O. The molecule has 0 spiro atoms. The molecule has 1 fully saturated rings. The van der Waals surface area contributed by atoms with Crippen LogP contribution in [0.2, 0.25) is 0 Å². The maximum atomic E-state index is 12.1. The van der Waals surface area contributed by atoms with Crippen molar-refractivity contribution in [3.63, 3.8) is 0 Å². The smallest absolute Gasteiger partial charge is 0.275 e. The molecule has 0 radical (unpaired) electrons. The number of aromatic hydroxyl groups is 1. The van der Waals surface area contributed by atoms with Gasteiger partial charge in [-0.3, -0.25) is 4.79 Å². The van der Waals surface area contributed by atoms with E-state index in [1.807, 2.05) is 0 Å². The summed E-state index contributed by atoms with van der Waals surface area (Å²) in [6.07, 6.45) is 3.28. The zero-order chi connectivity index (χ0) is 15.4. The van der Waals surface area contributed by atoms with Crippen LogP contribution in [0.3, 0.4) is 0 Å². The van der Waals surface area contributed by atoms with E-state index >= 15 is 0 Å². The van der Waals surface area contributed by atoms with Crippen molar-refractivity contribution in [1.29, 1.82) is 0 Å². The molecule has 1 saturated carbocycles. The number of benzene rings is 1. The first-order chi connectivity index (χ1) is 9.99. The molecule has 0 bridgehead atoms. The highest BCUT2D eigenvalue weighted by Gasteiger charge is 2.27. The van der Waals surface area contributed by atoms with Crippen molar-refractivity contribution < 1.29 is 9.90 Å². The fraction of sp³-hybridized carbons (Fsp3) is 0.529. The summed E-state index contributed by atoms with van der Waals surface area (Å²) in [4.78, 5) is 12.1. The molecule has 21 heavy (non-hydrogen) atoms. The summed E-state index contributed by atoms with van der Waals surface area (Å²) in [5, 5.41) is 14.1. The van der Waals surface area contributed by atoms with Crippen LogP contribution in [-0.2, 0) is 0 Å². The van der Waals surface area contributed by atoms with E-state index in [0.717, 1.165) is 18.6 Å². The first-order valence-electron chi connectivity index (χ1n) is 7.63. The fourth-order valence-electron chi connectivity index (χ4n) is 2.94. The van der Waals surface area contributed by atoms with E-state index in [9.17, 15) is 9.90 Å². The van der Waals surface area contributed by atoms with Crippen LogP contribution in [0.15, 0.2) is 29.4 Å². The fourth-order valence-corrected chi connectivity index (χ4v) is 2.94. The second-order valence-electron chi connectivity index (χ2n) is 6.30. The van der Waals surface area contributed by atoms with Crippen molar-refractivity contribution in [2.45, 2.75) is 40.0 Å². The molecule has 2 N–H and O–H groups in total. The molecule has 1 aliphatic rings. The third kappa shape index (κ3) is 3.84. The number of nitrogens with one attached hydrogen (secondary N) is 1. The predicted molar refractivity (Wildman–Crippen MR) is 84.4 cm³/mol. The Morgan fingerprint density at radius 1 is 1.33 bits per heavy atom. The summed E-state index contributed by atoms with van der Waals surface area (Å²) in [6.45, 7) is 6.61. The number of hydrogen-bond acceptors (Lipinski definition) is 3. The summed E-state index contributed by atoms with van der Waals surface area (Å²) in [7, 11) is 0. The van der Waals surface area contributed by atoms with Crippen LogP contribution < -0.4 is 5.43 Å². The molecule has 1 aromatic carbocycles. The van der Waals surface area contributed by atoms with Gasteiger partial charge in [-0.2, -0.15) is 5.10 Å². The van der Waals surface area contributed by atoms with Gasteiger partial charge >= 0.3 is 0 Å². The van der Waals surface area contributed by atoms with Gasteiger partial charge in [0.05, 0.1) is 5.56 Å². The van der Waals surface area contributed by atoms with E-state index in [0.29, 0.717) is 17.8 Å². The zero-order valence-corrected chi connectivity index (χ0v) is 13.0. The number of hydrazone groups is 1. The first-order valence-corrected chi connectivity index (χ1v) is 7.63. The number of carbonyl (C=O) groups is 1. The molecular weight excluding hydrogens is 264 g/mol. The summed E-state index contributed by atoms with van der Waals surface area (Å²) < 4.78 is 0. The van der Waals surface area contributed by atoms with Crippen LogP contribution in [0, 0.1) is 17.8 Å². The van der Waals surface area contributed by atoms with Gasteiger partial charge in [-0.05, 0) is 43.2 Å². The lowest BCUT2D eigenvalue weighted by molar-refractivity contribution is 0.0951. The van der Waals surface area contributed by atoms with Gasteiger partial charge < -0.3 is 5.11 Å². The average molecular weight is 288 g/mol. The van der Waals surface area contributed by atoms with Crippen molar-refractivity contribution in [3.05, 3.63) is 29.8 Å². The first kappa shape index (κ1) is 15.5. The highest BCUT2D eigenvalue weighted by molar-refractivity contribution is 5.98. The minimum atomic E-state index is -0.360. The second kappa shape index (κ2) is 6.74. The Kier molecular flexibility index (Phi) is 4.99. The summed E-state index contributed by atoms with van der Waals surface area (Å²) in [5.41, 5.74) is 3.94. The van der Waals surface area contributed by atoms with E-state index in [2.05, 4.69) is 31.3 Å². The Hall–Kier alpha value is -1.84. The Morgan fingerprint density at radius 3 is 2.71 bits per heavy atom. The number of nitrogens with zero attached hydrogens (tertiary/aromatic N) is 1. The third-order valence-corrected chi connectivity index (χ3v) is 4.21. The van der Waals surface area contributed by atoms with Gasteiger partial charge in [0.15, 0.2) is 0 Å². The van der Waals surface area contributed by atoms with Crippen molar-refractivity contribution >= 4 is 11.6 Å². The minimum absolute atomic E-state index is 0.0207. The summed E-state index contributed by atoms with van der Waals surface area (Å²) in [6, 6.07) is 6.51. The van der Waals surface area contributed by atoms with Crippen molar-refractivity contribution in [2.75, 3.05) is 0 Å².